The molecule has 0 aromatic heterocycles. The molecule has 0 aliphatic rings. The molecule has 12 heavy (non-hydrogen) atoms. The fourth-order valence-electron chi connectivity index (χ4n) is 0.872. The third kappa shape index (κ3) is 1.60. The predicted molar refractivity (Wildman–Crippen MR) is 38.2 cm³/mol. The minimum absolute atomic E-state index is 0.107. The summed E-state index contributed by atoms with van der Waals surface area (Å²) in [5.41, 5.74) is -0.214. The number of aliphatic hydroxyl groups excluding tert-OH is 2. The number of aliphatic hydroxyl groups is 2. The van der Waals surface area contributed by atoms with Crippen molar-refractivity contribution < 1.29 is 19.0 Å². The minimum Gasteiger partial charge on any atom is -0.392 e. The molecule has 0 bridgehead atoms. The van der Waals surface area contributed by atoms with Gasteiger partial charge >= 0.3 is 0 Å². The molecule has 0 atom stereocenters. The van der Waals surface area contributed by atoms with Crippen molar-refractivity contribution in [3.63, 3.8) is 0 Å². The van der Waals surface area contributed by atoms with Crippen LogP contribution in [0.15, 0.2) is 12.1 Å². The summed E-state index contributed by atoms with van der Waals surface area (Å²) in [5.74, 6) is -1.41. The second-order valence-electron chi connectivity index (χ2n) is 2.35. The second-order valence-corrected chi connectivity index (χ2v) is 2.35. The van der Waals surface area contributed by atoms with Gasteiger partial charge in [-0.25, -0.2) is 8.78 Å². The van der Waals surface area contributed by atoms with Gasteiger partial charge in [0.05, 0.1) is 13.2 Å². The third-order valence-corrected chi connectivity index (χ3v) is 1.56. The van der Waals surface area contributed by atoms with Gasteiger partial charge in [-0.3, -0.25) is 0 Å². The Balaban J connectivity index is 3.16. The topological polar surface area (TPSA) is 40.5 Å². The van der Waals surface area contributed by atoms with Crippen molar-refractivity contribution in [1.29, 1.82) is 0 Å². The highest BCUT2D eigenvalue weighted by atomic mass is 19.1. The van der Waals surface area contributed by atoms with Crippen LogP contribution in [0.5, 0.6) is 0 Å². The largest absolute Gasteiger partial charge is 0.392 e. The Morgan fingerprint density at radius 1 is 0.917 bits per heavy atom. The molecule has 0 aliphatic heterocycles. The maximum absolute atomic E-state index is 12.8. The van der Waals surface area contributed by atoms with E-state index >= 15 is 0 Å². The monoisotopic (exact) mass is 174 g/mol. The van der Waals surface area contributed by atoms with Crippen LogP contribution in [-0.4, -0.2) is 10.2 Å². The van der Waals surface area contributed by atoms with Gasteiger partial charge in [0.1, 0.15) is 11.6 Å². The Morgan fingerprint density at radius 2 is 1.25 bits per heavy atom. The number of halogens is 2. The van der Waals surface area contributed by atoms with E-state index in [4.69, 9.17) is 10.2 Å². The highest BCUT2D eigenvalue weighted by molar-refractivity contribution is 5.25. The molecule has 0 amide bonds. The maximum atomic E-state index is 12.8. The van der Waals surface area contributed by atoms with Crippen LogP contribution < -0.4 is 0 Å². The smallest absolute Gasteiger partial charge is 0.129 e. The Kier molecular flexibility index (Phi) is 2.73. The highest BCUT2D eigenvalue weighted by Crippen LogP contribution is 2.14. The number of hydrogen-bond acceptors (Lipinski definition) is 2. The molecule has 2 N–H and O–H groups in total. The lowest BCUT2D eigenvalue weighted by atomic mass is 10.1. The lowest BCUT2D eigenvalue weighted by Gasteiger charge is -2.02. The van der Waals surface area contributed by atoms with Crippen molar-refractivity contribution in [2.75, 3.05) is 0 Å². The van der Waals surface area contributed by atoms with Crippen LogP contribution in [0.4, 0.5) is 8.78 Å². The summed E-state index contributed by atoms with van der Waals surface area (Å²) < 4.78 is 25.6. The fraction of sp³-hybridized carbons (Fsp3) is 0.250. The summed E-state index contributed by atoms with van der Waals surface area (Å²) in [7, 11) is 0. The summed E-state index contributed by atoms with van der Waals surface area (Å²) in [6.07, 6.45) is 0. The Morgan fingerprint density at radius 3 is 1.50 bits per heavy atom. The van der Waals surface area contributed by atoms with Gasteiger partial charge in [0.15, 0.2) is 0 Å². The first-order valence-corrected chi connectivity index (χ1v) is 3.37. The maximum Gasteiger partial charge on any atom is 0.129 e. The molecule has 1 rings (SSSR count). The quantitative estimate of drug-likeness (QED) is 0.700. The zero-order valence-corrected chi connectivity index (χ0v) is 6.22. The van der Waals surface area contributed by atoms with Gasteiger partial charge in [0, 0.05) is 11.1 Å². The molecule has 0 saturated carbocycles. The Hall–Kier alpha value is -1.00. The van der Waals surface area contributed by atoms with E-state index in [9.17, 15) is 8.78 Å². The molecule has 0 radical (unpaired) electrons. The first kappa shape index (κ1) is 9.09. The minimum atomic E-state index is -0.706. The van der Waals surface area contributed by atoms with E-state index in [1.54, 1.807) is 0 Å². The Labute approximate surface area is 68.1 Å². The zero-order chi connectivity index (χ0) is 9.14. The molecule has 1 aromatic rings. The summed E-state index contributed by atoms with van der Waals surface area (Å²) >= 11 is 0. The first-order valence-electron chi connectivity index (χ1n) is 3.37. The Bertz CT molecular complexity index is 257. The van der Waals surface area contributed by atoms with E-state index in [2.05, 4.69) is 0 Å². The van der Waals surface area contributed by atoms with Gasteiger partial charge in [0.25, 0.3) is 0 Å². The van der Waals surface area contributed by atoms with Crippen LogP contribution >= 0.6 is 0 Å². The van der Waals surface area contributed by atoms with Gasteiger partial charge in [-0.1, -0.05) is 0 Å². The molecular formula is C8H8F2O2. The highest BCUT2D eigenvalue weighted by Gasteiger charge is 2.07. The SMILES string of the molecule is OCc1cc(F)c(CO)cc1F. The number of hydrogen-bond donors (Lipinski definition) is 2. The number of rotatable bonds is 2. The average Bonchev–Trinajstić information content (AvgIpc) is 2.08. The van der Waals surface area contributed by atoms with Crippen molar-refractivity contribution in [3.05, 3.63) is 34.9 Å². The van der Waals surface area contributed by atoms with Crippen molar-refractivity contribution in [2.24, 2.45) is 0 Å². The average molecular weight is 174 g/mol. The molecule has 1 aromatic carbocycles. The van der Waals surface area contributed by atoms with Gasteiger partial charge in [-0.2, -0.15) is 0 Å². The molecule has 2 nitrogen and oxygen atoms in total. The van der Waals surface area contributed by atoms with Crippen LogP contribution in [0.1, 0.15) is 11.1 Å². The van der Waals surface area contributed by atoms with Crippen LogP contribution in [0.2, 0.25) is 0 Å². The van der Waals surface area contributed by atoms with Crippen molar-refractivity contribution in [2.45, 2.75) is 13.2 Å². The second kappa shape index (κ2) is 3.60. The molecule has 0 saturated heterocycles. The summed E-state index contributed by atoms with van der Waals surface area (Å²) in [6.45, 7) is -1.09. The molecule has 0 heterocycles. The molecule has 0 unspecified atom stereocenters. The normalized spacial score (nSPS) is 10.3. The van der Waals surface area contributed by atoms with E-state index in [1.165, 1.54) is 0 Å². The summed E-state index contributed by atoms with van der Waals surface area (Å²) in [5, 5.41) is 17.1. The molecule has 0 aliphatic carbocycles. The fourth-order valence-corrected chi connectivity index (χ4v) is 0.872. The van der Waals surface area contributed by atoms with Gasteiger partial charge in [-0.05, 0) is 12.1 Å². The molecule has 66 valence electrons. The summed E-state index contributed by atoms with van der Waals surface area (Å²) in [6, 6.07) is 1.75. The van der Waals surface area contributed by atoms with Crippen molar-refractivity contribution in [3.8, 4) is 0 Å². The van der Waals surface area contributed by atoms with Crippen molar-refractivity contribution >= 4 is 0 Å². The van der Waals surface area contributed by atoms with Crippen LogP contribution in [0, 0.1) is 11.6 Å². The van der Waals surface area contributed by atoms with E-state index in [0.717, 1.165) is 12.1 Å². The van der Waals surface area contributed by atoms with Gasteiger partial charge in [0.2, 0.25) is 0 Å². The molecule has 0 fully saturated rings. The van der Waals surface area contributed by atoms with Crippen LogP contribution in [0.3, 0.4) is 0 Å². The van der Waals surface area contributed by atoms with Crippen LogP contribution in [-0.2, 0) is 13.2 Å². The number of benzene rings is 1. The molecule has 4 heteroatoms. The summed E-state index contributed by atoms with van der Waals surface area (Å²) in [4.78, 5) is 0. The predicted octanol–water partition coefficient (Wildman–Crippen LogP) is 0.949. The molecular weight excluding hydrogens is 166 g/mol. The standard InChI is InChI=1S/C8H8F2O2/c9-7-1-5(3-11)8(10)2-6(7)4-12/h1-2,11-12H,3-4H2. The lowest BCUT2D eigenvalue weighted by Crippen LogP contribution is -1.97. The van der Waals surface area contributed by atoms with E-state index < -0.39 is 24.8 Å². The van der Waals surface area contributed by atoms with Crippen molar-refractivity contribution in [1.82, 2.24) is 0 Å². The zero-order valence-electron chi connectivity index (χ0n) is 6.22. The third-order valence-electron chi connectivity index (χ3n) is 1.56. The molecule has 0 spiro atoms. The first-order chi connectivity index (χ1) is 5.69. The van der Waals surface area contributed by atoms with E-state index in [1.807, 2.05) is 0 Å². The van der Waals surface area contributed by atoms with E-state index in [-0.39, 0.29) is 11.1 Å². The van der Waals surface area contributed by atoms with Crippen LogP contribution in [0.25, 0.3) is 0 Å². The van der Waals surface area contributed by atoms with E-state index in [0.29, 0.717) is 0 Å². The van der Waals surface area contributed by atoms with Gasteiger partial charge < -0.3 is 10.2 Å². The lowest BCUT2D eigenvalue weighted by molar-refractivity contribution is 0.267. The van der Waals surface area contributed by atoms with Gasteiger partial charge in [-0.15, -0.1) is 0 Å².